The Hall–Kier alpha value is -1.84. The number of aryl methyl sites for hydroxylation is 1. The van der Waals surface area contributed by atoms with Crippen molar-refractivity contribution < 1.29 is 4.74 Å². The number of aromatic nitrogens is 3. The van der Waals surface area contributed by atoms with Crippen LogP contribution in [0, 0.1) is 6.92 Å². The summed E-state index contributed by atoms with van der Waals surface area (Å²) in [5, 5.41) is 12.0. The summed E-state index contributed by atoms with van der Waals surface area (Å²) in [4.78, 5) is 7.00. The minimum absolute atomic E-state index is 0. The Morgan fingerprint density at radius 1 is 1.29 bits per heavy atom. The lowest BCUT2D eigenvalue weighted by atomic mass is 10.2. The molecule has 0 aliphatic heterocycles. The summed E-state index contributed by atoms with van der Waals surface area (Å²) in [5.41, 5.74) is 1.14. The zero-order chi connectivity index (χ0) is 19.2. The molecule has 8 heteroatoms. The highest BCUT2D eigenvalue weighted by molar-refractivity contribution is 14.0. The number of ether oxygens (including phenoxy) is 1. The van der Waals surface area contributed by atoms with Gasteiger partial charge in [0.2, 0.25) is 0 Å². The average Bonchev–Trinajstić information content (AvgIpc) is 3.30. The van der Waals surface area contributed by atoms with Gasteiger partial charge in [-0.1, -0.05) is 31.0 Å². The van der Waals surface area contributed by atoms with Crippen LogP contribution < -0.4 is 10.1 Å². The van der Waals surface area contributed by atoms with E-state index in [-0.39, 0.29) is 24.0 Å². The monoisotopic (exact) mass is 498 g/mol. The highest BCUT2D eigenvalue weighted by atomic mass is 127. The molecule has 1 aliphatic rings. The van der Waals surface area contributed by atoms with Gasteiger partial charge in [0.25, 0.3) is 0 Å². The fourth-order valence-corrected chi connectivity index (χ4v) is 3.43. The van der Waals surface area contributed by atoms with E-state index < -0.39 is 0 Å². The van der Waals surface area contributed by atoms with Crippen LogP contribution in [0.5, 0.6) is 5.75 Å². The second kappa shape index (κ2) is 10.6. The van der Waals surface area contributed by atoms with Gasteiger partial charge in [-0.15, -0.1) is 34.2 Å². The van der Waals surface area contributed by atoms with E-state index in [2.05, 4.69) is 33.5 Å². The zero-order valence-electron chi connectivity index (χ0n) is 17.2. The van der Waals surface area contributed by atoms with Gasteiger partial charge in [-0.25, -0.2) is 4.99 Å². The second-order valence-electron chi connectivity index (χ2n) is 7.16. The van der Waals surface area contributed by atoms with Crippen LogP contribution in [0.2, 0.25) is 0 Å². The van der Waals surface area contributed by atoms with E-state index in [9.17, 15) is 0 Å². The molecule has 1 aromatic heterocycles. The van der Waals surface area contributed by atoms with Crippen LogP contribution in [0.4, 0.5) is 0 Å². The van der Waals surface area contributed by atoms with E-state index in [4.69, 9.17) is 9.73 Å². The predicted molar refractivity (Wildman–Crippen MR) is 122 cm³/mol. The molecule has 0 unspecified atom stereocenters. The van der Waals surface area contributed by atoms with Crippen LogP contribution in [-0.2, 0) is 20.1 Å². The van der Waals surface area contributed by atoms with Gasteiger partial charge in [0.15, 0.2) is 11.8 Å². The van der Waals surface area contributed by atoms with Gasteiger partial charge in [-0.05, 0) is 25.8 Å². The lowest BCUT2D eigenvalue weighted by Crippen LogP contribution is -2.43. The Balaban J connectivity index is 0.00000280. The summed E-state index contributed by atoms with van der Waals surface area (Å²) in [7, 11) is 5.75. The van der Waals surface area contributed by atoms with E-state index >= 15 is 0 Å². The number of halogens is 1. The topological polar surface area (TPSA) is 67.6 Å². The number of nitrogens with zero attached hydrogens (tertiary/aromatic N) is 5. The largest absolute Gasteiger partial charge is 0.496 e. The van der Waals surface area contributed by atoms with Gasteiger partial charge < -0.3 is 19.5 Å². The van der Waals surface area contributed by atoms with Crippen LogP contribution in [-0.4, -0.2) is 45.8 Å². The Morgan fingerprint density at radius 2 is 2.00 bits per heavy atom. The SMILES string of the molecule is COc1ccccc1CN(C)C(=NCc1nnc(C)n1C)NC1CCCC1.I. The van der Waals surface area contributed by atoms with E-state index in [0.717, 1.165) is 35.5 Å². The molecule has 1 aromatic carbocycles. The van der Waals surface area contributed by atoms with Crippen LogP contribution in [0.1, 0.15) is 42.9 Å². The van der Waals surface area contributed by atoms with Gasteiger partial charge >= 0.3 is 0 Å². The van der Waals surface area contributed by atoms with Gasteiger partial charge in [0.05, 0.1) is 7.11 Å². The normalized spacial score (nSPS) is 14.6. The number of aliphatic imine (C=N–C) groups is 1. The van der Waals surface area contributed by atoms with Gasteiger partial charge in [-0.2, -0.15) is 0 Å². The molecular weight excluding hydrogens is 467 g/mol. The number of hydrogen-bond donors (Lipinski definition) is 1. The van der Waals surface area contributed by atoms with E-state index in [1.165, 1.54) is 25.7 Å². The van der Waals surface area contributed by atoms with Crippen molar-refractivity contribution >= 4 is 29.9 Å². The maximum absolute atomic E-state index is 5.50. The molecule has 1 heterocycles. The molecule has 0 bridgehead atoms. The lowest BCUT2D eigenvalue weighted by Gasteiger charge is -2.26. The third-order valence-electron chi connectivity index (χ3n) is 5.20. The fraction of sp³-hybridized carbons (Fsp3) is 0.550. The average molecular weight is 498 g/mol. The van der Waals surface area contributed by atoms with Crippen molar-refractivity contribution in [1.29, 1.82) is 0 Å². The van der Waals surface area contributed by atoms with Gasteiger partial charge in [0, 0.05) is 32.2 Å². The molecule has 0 saturated heterocycles. The Labute approximate surface area is 184 Å². The maximum atomic E-state index is 5.50. The van der Waals surface area contributed by atoms with Crippen LogP contribution in [0.3, 0.4) is 0 Å². The Morgan fingerprint density at radius 3 is 2.64 bits per heavy atom. The molecule has 0 atom stereocenters. The molecule has 3 rings (SSSR count). The number of rotatable bonds is 6. The molecule has 1 fully saturated rings. The number of benzene rings is 1. The Bertz CT molecular complexity index is 785. The van der Waals surface area contributed by atoms with Gasteiger partial charge in [0.1, 0.15) is 18.1 Å². The van der Waals surface area contributed by atoms with Crippen molar-refractivity contribution in [3.05, 3.63) is 41.5 Å². The van der Waals surface area contributed by atoms with Crippen molar-refractivity contribution in [2.75, 3.05) is 14.2 Å². The van der Waals surface area contributed by atoms with Crippen LogP contribution in [0.15, 0.2) is 29.3 Å². The van der Waals surface area contributed by atoms with Crippen molar-refractivity contribution in [2.24, 2.45) is 12.0 Å². The summed E-state index contributed by atoms with van der Waals surface area (Å²) in [6.45, 7) is 3.18. The Kier molecular flexibility index (Phi) is 8.53. The molecule has 28 heavy (non-hydrogen) atoms. The molecule has 7 nitrogen and oxygen atoms in total. The summed E-state index contributed by atoms with van der Waals surface area (Å²) in [6, 6.07) is 8.60. The van der Waals surface area contributed by atoms with Crippen LogP contribution >= 0.6 is 24.0 Å². The number of methoxy groups -OCH3 is 1. The smallest absolute Gasteiger partial charge is 0.194 e. The van der Waals surface area contributed by atoms with E-state index in [1.54, 1.807) is 7.11 Å². The quantitative estimate of drug-likeness (QED) is 0.376. The standard InChI is InChI=1S/C20H30N6O.HI/c1-15-23-24-19(26(15)3)13-21-20(22-17-10-6-7-11-17)25(2)14-16-9-5-8-12-18(16)27-4;/h5,8-9,12,17H,6-7,10-11,13-14H2,1-4H3,(H,21,22);1H. The minimum Gasteiger partial charge on any atom is -0.496 e. The lowest BCUT2D eigenvalue weighted by molar-refractivity contribution is 0.394. The fourth-order valence-electron chi connectivity index (χ4n) is 3.43. The first-order valence-corrected chi connectivity index (χ1v) is 9.57. The number of para-hydroxylation sites is 1. The van der Waals surface area contributed by atoms with Crippen molar-refractivity contribution in [2.45, 2.75) is 51.7 Å². The van der Waals surface area contributed by atoms with E-state index in [1.807, 2.05) is 36.7 Å². The summed E-state index contributed by atoms with van der Waals surface area (Å²) in [6.07, 6.45) is 4.96. The summed E-state index contributed by atoms with van der Waals surface area (Å²) >= 11 is 0. The van der Waals surface area contributed by atoms with Crippen molar-refractivity contribution in [1.82, 2.24) is 25.0 Å². The molecule has 154 valence electrons. The zero-order valence-corrected chi connectivity index (χ0v) is 19.5. The third kappa shape index (κ3) is 5.59. The van der Waals surface area contributed by atoms with Gasteiger partial charge in [-0.3, -0.25) is 0 Å². The molecule has 1 N–H and O–H groups in total. The number of nitrogens with one attached hydrogen (secondary N) is 1. The van der Waals surface area contributed by atoms with Crippen molar-refractivity contribution in [3.8, 4) is 5.75 Å². The first-order valence-electron chi connectivity index (χ1n) is 9.57. The predicted octanol–water partition coefficient (Wildman–Crippen LogP) is 3.27. The molecular formula is C20H31IN6O. The highest BCUT2D eigenvalue weighted by Crippen LogP contribution is 2.20. The number of guanidine groups is 1. The first kappa shape index (κ1) is 22.4. The van der Waals surface area contributed by atoms with Crippen molar-refractivity contribution in [3.63, 3.8) is 0 Å². The molecule has 1 aliphatic carbocycles. The maximum Gasteiger partial charge on any atom is 0.194 e. The number of hydrogen-bond acceptors (Lipinski definition) is 4. The summed E-state index contributed by atoms with van der Waals surface area (Å²) in [5.74, 6) is 3.55. The first-order chi connectivity index (χ1) is 13.1. The van der Waals surface area contributed by atoms with Crippen LogP contribution in [0.25, 0.3) is 0 Å². The molecule has 0 spiro atoms. The molecule has 2 aromatic rings. The minimum atomic E-state index is 0. The molecule has 1 saturated carbocycles. The molecule has 0 radical (unpaired) electrons. The second-order valence-corrected chi connectivity index (χ2v) is 7.16. The summed E-state index contributed by atoms with van der Waals surface area (Å²) < 4.78 is 7.48. The highest BCUT2D eigenvalue weighted by Gasteiger charge is 2.19. The van der Waals surface area contributed by atoms with E-state index in [0.29, 0.717) is 12.6 Å². The third-order valence-corrected chi connectivity index (χ3v) is 5.20. The molecule has 0 amide bonds.